The van der Waals surface area contributed by atoms with Crippen molar-refractivity contribution in [3.05, 3.63) is 28.0 Å². The van der Waals surface area contributed by atoms with E-state index in [-0.39, 0.29) is 5.69 Å². The number of hydrogen-bond donors (Lipinski definition) is 1. The lowest BCUT2D eigenvalue weighted by molar-refractivity contribution is 0.0690. The summed E-state index contributed by atoms with van der Waals surface area (Å²) in [4.78, 5) is 14.2. The minimum absolute atomic E-state index is 0.0666. The van der Waals surface area contributed by atoms with E-state index in [1.807, 2.05) is 6.92 Å². The van der Waals surface area contributed by atoms with E-state index in [1.165, 1.54) is 6.07 Å². The molecule has 58 valence electrons. The van der Waals surface area contributed by atoms with E-state index in [9.17, 15) is 4.79 Å². The molecule has 0 atom stereocenters. The molecule has 4 heteroatoms. The van der Waals surface area contributed by atoms with Crippen LogP contribution in [0.15, 0.2) is 16.7 Å². The van der Waals surface area contributed by atoms with Crippen molar-refractivity contribution in [2.24, 2.45) is 0 Å². The van der Waals surface area contributed by atoms with Gasteiger partial charge in [0.2, 0.25) is 0 Å². The quantitative estimate of drug-likeness (QED) is 0.728. The number of carboxylic acids is 1. The van der Waals surface area contributed by atoms with Crippen molar-refractivity contribution < 1.29 is 9.90 Å². The summed E-state index contributed by atoms with van der Waals surface area (Å²) in [6, 6.07) is 3.28. The monoisotopic (exact) mass is 215 g/mol. The second-order valence-corrected chi connectivity index (χ2v) is 2.97. The van der Waals surface area contributed by atoms with Crippen LogP contribution in [0.3, 0.4) is 0 Å². The molecular formula is C7H6BrNO2. The summed E-state index contributed by atoms with van der Waals surface area (Å²) >= 11 is 3.11. The number of nitrogens with zero attached hydrogens (tertiary/aromatic N) is 1. The third-order valence-corrected chi connectivity index (χ3v) is 1.56. The van der Waals surface area contributed by atoms with Crippen LogP contribution < -0.4 is 0 Å². The number of aromatic carboxylic acids is 1. The molecule has 0 radical (unpaired) electrons. The molecule has 0 aliphatic rings. The highest BCUT2D eigenvalue weighted by Crippen LogP contribution is 2.10. The minimum atomic E-state index is -1.01. The molecule has 0 aromatic carbocycles. The lowest BCUT2D eigenvalue weighted by atomic mass is 10.2. The van der Waals surface area contributed by atoms with Crippen LogP contribution >= 0.6 is 15.9 Å². The summed E-state index contributed by atoms with van der Waals surface area (Å²) < 4.78 is 0.551. The molecule has 1 aromatic rings. The van der Waals surface area contributed by atoms with E-state index in [0.29, 0.717) is 4.60 Å². The Labute approximate surface area is 72.2 Å². The third-order valence-electron chi connectivity index (χ3n) is 1.16. The second kappa shape index (κ2) is 3.00. The van der Waals surface area contributed by atoms with Gasteiger partial charge >= 0.3 is 5.97 Å². The number of aryl methyl sites for hydroxylation is 1. The second-order valence-electron chi connectivity index (χ2n) is 2.16. The van der Waals surface area contributed by atoms with Crippen LogP contribution in [0, 0.1) is 6.92 Å². The van der Waals surface area contributed by atoms with Gasteiger partial charge < -0.3 is 5.11 Å². The maximum absolute atomic E-state index is 10.4. The Kier molecular flexibility index (Phi) is 2.24. The maximum atomic E-state index is 10.4. The number of carbonyl (C=O) groups is 1. The first-order valence-electron chi connectivity index (χ1n) is 2.97. The van der Waals surface area contributed by atoms with Crippen molar-refractivity contribution in [3.8, 4) is 0 Å². The highest BCUT2D eigenvalue weighted by Gasteiger charge is 2.04. The predicted octanol–water partition coefficient (Wildman–Crippen LogP) is 1.85. The van der Waals surface area contributed by atoms with E-state index in [4.69, 9.17) is 5.11 Å². The highest BCUT2D eigenvalue weighted by atomic mass is 79.9. The number of halogens is 1. The van der Waals surface area contributed by atoms with Crippen molar-refractivity contribution in [2.45, 2.75) is 6.92 Å². The Morgan fingerprint density at radius 1 is 1.64 bits per heavy atom. The van der Waals surface area contributed by atoms with Crippen LogP contribution in [0.2, 0.25) is 0 Å². The van der Waals surface area contributed by atoms with Crippen LogP contribution in [-0.2, 0) is 0 Å². The summed E-state index contributed by atoms with van der Waals surface area (Å²) in [6.07, 6.45) is 0. The van der Waals surface area contributed by atoms with Gasteiger partial charge in [0.1, 0.15) is 10.3 Å². The molecule has 0 unspecified atom stereocenters. The van der Waals surface area contributed by atoms with Crippen molar-refractivity contribution in [3.63, 3.8) is 0 Å². The van der Waals surface area contributed by atoms with Gasteiger partial charge in [-0.05, 0) is 40.5 Å². The van der Waals surface area contributed by atoms with Gasteiger partial charge in [0, 0.05) is 0 Å². The zero-order valence-electron chi connectivity index (χ0n) is 5.84. The molecule has 0 aliphatic heterocycles. The lowest BCUT2D eigenvalue weighted by Crippen LogP contribution is -2.00. The summed E-state index contributed by atoms with van der Waals surface area (Å²) in [5.41, 5.74) is 0.946. The Bertz CT molecular complexity index is 278. The zero-order valence-corrected chi connectivity index (χ0v) is 7.42. The van der Waals surface area contributed by atoms with E-state index in [0.717, 1.165) is 5.56 Å². The summed E-state index contributed by atoms with van der Waals surface area (Å²) in [5, 5.41) is 8.55. The fourth-order valence-corrected chi connectivity index (χ4v) is 1.29. The normalized spacial score (nSPS) is 9.64. The molecule has 0 saturated carbocycles. The molecule has 1 rings (SSSR count). The van der Waals surface area contributed by atoms with Crippen LogP contribution in [0.1, 0.15) is 16.1 Å². The molecule has 11 heavy (non-hydrogen) atoms. The minimum Gasteiger partial charge on any atom is -0.477 e. The number of hydrogen-bond acceptors (Lipinski definition) is 2. The topological polar surface area (TPSA) is 50.2 Å². The van der Waals surface area contributed by atoms with E-state index in [1.54, 1.807) is 6.07 Å². The van der Waals surface area contributed by atoms with Gasteiger partial charge in [-0.25, -0.2) is 9.78 Å². The number of rotatable bonds is 1. The molecule has 0 saturated heterocycles. The first kappa shape index (κ1) is 8.20. The van der Waals surface area contributed by atoms with Gasteiger partial charge in [0.15, 0.2) is 0 Å². The molecule has 0 amide bonds. The Balaban J connectivity index is 3.19. The van der Waals surface area contributed by atoms with Crippen molar-refractivity contribution >= 4 is 21.9 Å². The molecular weight excluding hydrogens is 210 g/mol. The number of aromatic nitrogens is 1. The van der Waals surface area contributed by atoms with Gasteiger partial charge in [-0.2, -0.15) is 0 Å². The van der Waals surface area contributed by atoms with Crippen molar-refractivity contribution in [1.29, 1.82) is 0 Å². The smallest absolute Gasteiger partial charge is 0.354 e. The van der Waals surface area contributed by atoms with Gasteiger partial charge in [-0.3, -0.25) is 0 Å². The summed E-state index contributed by atoms with van der Waals surface area (Å²) in [5.74, 6) is -1.01. The first-order valence-corrected chi connectivity index (χ1v) is 3.76. The molecule has 0 spiro atoms. The molecule has 1 N–H and O–H groups in total. The van der Waals surface area contributed by atoms with Crippen LogP contribution in [0.5, 0.6) is 0 Å². The van der Waals surface area contributed by atoms with Crippen LogP contribution in [0.4, 0.5) is 0 Å². The van der Waals surface area contributed by atoms with Crippen LogP contribution in [-0.4, -0.2) is 16.1 Å². The number of carboxylic acid groups (broad SMARTS) is 1. The molecule has 3 nitrogen and oxygen atoms in total. The fraction of sp³-hybridized carbons (Fsp3) is 0.143. The highest BCUT2D eigenvalue weighted by molar-refractivity contribution is 9.10. The van der Waals surface area contributed by atoms with E-state index in [2.05, 4.69) is 20.9 Å². The van der Waals surface area contributed by atoms with Gasteiger partial charge in [0.05, 0.1) is 0 Å². The van der Waals surface area contributed by atoms with Gasteiger partial charge in [-0.1, -0.05) is 0 Å². The van der Waals surface area contributed by atoms with Gasteiger partial charge in [-0.15, -0.1) is 0 Å². The van der Waals surface area contributed by atoms with Crippen molar-refractivity contribution in [1.82, 2.24) is 4.98 Å². The average molecular weight is 216 g/mol. The molecule has 0 bridgehead atoms. The van der Waals surface area contributed by atoms with Crippen LogP contribution in [0.25, 0.3) is 0 Å². The largest absolute Gasteiger partial charge is 0.477 e. The van der Waals surface area contributed by atoms with E-state index >= 15 is 0 Å². The Morgan fingerprint density at radius 3 is 2.73 bits per heavy atom. The standard InChI is InChI=1S/C7H6BrNO2/c1-4-2-5(7(10)11)9-6(8)3-4/h2-3H,1H3,(H,10,11). The number of pyridine rings is 1. The van der Waals surface area contributed by atoms with Gasteiger partial charge in [0.25, 0.3) is 0 Å². The molecule has 1 aromatic heterocycles. The molecule has 1 heterocycles. The maximum Gasteiger partial charge on any atom is 0.354 e. The zero-order chi connectivity index (χ0) is 8.43. The SMILES string of the molecule is Cc1cc(Br)nc(C(=O)O)c1. The molecule has 0 fully saturated rings. The Hall–Kier alpha value is -0.900. The fourth-order valence-electron chi connectivity index (χ4n) is 0.734. The van der Waals surface area contributed by atoms with E-state index < -0.39 is 5.97 Å². The first-order chi connectivity index (χ1) is 5.09. The third kappa shape index (κ3) is 2.01. The predicted molar refractivity (Wildman–Crippen MR) is 43.6 cm³/mol. The molecule has 0 aliphatic carbocycles. The Morgan fingerprint density at radius 2 is 2.27 bits per heavy atom. The summed E-state index contributed by atoms with van der Waals surface area (Å²) in [6.45, 7) is 1.82. The van der Waals surface area contributed by atoms with Crippen molar-refractivity contribution in [2.75, 3.05) is 0 Å². The average Bonchev–Trinajstić information content (AvgIpc) is 1.85. The summed E-state index contributed by atoms with van der Waals surface area (Å²) in [7, 11) is 0. The lowest BCUT2D eigenvalue weighted by Gasteiger charge is -1.96.